The molecule has 7 heteroatoms. The Labute approximate surface area is 193 Å². The number of fused-ring (bicyclic) bond motifs is 1. The number of carbonyl (C=O) groups is 1. The molecule has 2 heterocycles. The van der Waals surface area contributed by atoms with Crippen molar-refractivity contribution in [3.63, 3.8) is 0 Å². The zero-order chi connectivity index (χ0) is 23.5. The number of benzene rings is 2. The maximum atomic E-state index is 14.5. The summed E-state index contributed by atoms with van der Waals surface area (Å²) in [4.78, 5) is 26.7. The van der Waals surface area contributed by atoms with E-state index in [2.05, 4.69) is 36.3 Å². The summed E-state index contributed by atoms with van der Waals surface area (Å²) in [5.41, 5.74) is 1.27. The average molecular weight is 451 g/mol. The number of nitrogens with one attached hydrogen (secondary N) is 2. The van der Waals surface area contributed by atoms with Crippen molar-refractivity contribution in [3.8, 4) is 0 Å². The van der Waals surface area contributed by atoms with Crippen molar-refractivity contribution in [2.75, 3.05) is 13.1 Å². The molecule has 1 amide bonds. The Morgan fingerprint density at radius 2 is 1.94 bits per heavy atom. The van der Waals surface area contributed by atoms with Gasteiger partial charge in [0.15, 0.2) is 0 Å². The Morgan fingerprint density at radius 1 is 1.21 bits per heavy atom. The zero-order valence-corrected chi connectivity index (χ0v) is 19.4. The van der Waals surface area contributed by atoms with Crippen LogP contribution < -0.4 is 10.9 Å². The monoisotopic (exact) mass is 450 g/mol. The molecule has 4 rings (SSSR count). The maximum Gasteiger partial charge on any atom is 0.272 e. The molecule has 0 bridgehead atoms. The molecular weight excluding hydrogens is 419 g/mol. The molecule has 0 spiro atoms. The van der Waals surface area contributed by atoms with Gasteiger partial charge in [0.2, 0.25) is 0 Å². The minimum atomic E-state index is -0.524. The Balaban J connectivity index is 1.44. The number of hydrogen-bond acceptors (Lipinski definition) is 4. The lowest BCUT2D eigenvalue weighted by atomic mass is 9.98. The number of hydrogen-bond donors (Lipinski definition) is 2. The van der Waals surface area contributed by atoms with Crippen molar-refractivity contribution < 1.29 is 9.18 Å². The molecule has 0 radical (unpaired) electrons. The molecule has 174 valence electrons. The number of nitrogens with zero attached hydrogens (tertiary/aromatic N) is 2. The third kappa shape index (κ3) is 5.14. The predicted molar refractivity (Wildman–Crippen MR) is 128 cm³/mol. The highest BCUT2D eigenvalue weighted by molar-refractivity contribution is 5.95. The highest BCUT2D eigenvalue weighted by atomic mass is 19.1. The Bertz CT molecular complexity index is 1200. The van der Waals surface area contributed by atoms with Gasteiger partial charge >= 0.3 is 0 Å². The van der Waals surface area contributed by atoms with Gasteiger partial charge in [-0.05, 0) is 43.0 Å². The fourth-order valence-corrected chi connectivity index (χ4v) is 4.51. The standard InChI is InChI=1S/C26H31FN4O2/c1-4-16(2)11-17(3)28-19-14-31(15-19)26(33)22-12-18(9-10-23(22)27)13-24-20-7-5-6-8-21(20)25(32)30-29-24/h5-10,12,16-17,19,28H,4,11,13-15H2,1-3H3,(H,30,32). The van der Waals surface area contributed by atoms with Crippen LogP contribution in [0.1, 0.15) is 55.2 Å². The van der Waals surface area contributed by atoms with E-state index in [0.29, 0.717) is 42.6 Å². The van der Waals surface area contributed by atoms with E-state index in [1.54, 1.807) is 29.2 Å². The SMILES string of the molecule is CCC(C)CC(C)NC1CN(C(=O)c2cc(Cc3n[nH]c(=O)c4ccccc34)ccc2F)C1. The molecule has 6 nitrogen and oxygen atoms in total. The minimum Gasteiger partial charge on any atom is -0.335 e. The second-order valence-corrected chi connectivity index (χ2v) is 9.26. The van der Waals surface area contributed by atoms with Crippen molar-refractivity contribution >= 4 is 16.7 Å². The summed E-state index contributed by atoms with van der Waals surface area (Å²) in [5, 5.41) is 11.6. The highest BCUT2D eigenvalue weighted by Gasteiger charge is 2.33. The molecule has 2 unspecified atom stereocenters. The molecule has 1 fully saturated rings. The number of rotatable bonds is 8. The van der Waals surface area contributed by atoms with Gasteiger partial charge in [-0.25, -0.2) is 9.49 Å². The summed E-state index contributed by atoms with van der Waals surface area (Å²) < 4.78 is 14.5. The summed E-state index contributed by atoms with van der Waals surface area (Å²) in [7, 11) is 0. The van der Waals surface area contributed by atoms with Crippen molar-refractivity contribution in [3.05, 3.63) is 75.5 Å². The molecule has 1 aromatic heterocycles. The van der Waals surface area contributed by atoms with Gasteiger partial charge in [0.1, 0.15) is 5.82 Å². The topological polar surface area (TPSA) is 78.1 Å². The third-order valence-electron chi connectivity index (χ3n) is 6.55. The normalized spacial score (nSPS) is 15.9. The Morgan fingerprint density at radius 3 is 2.67 bits per heavy atom. The lowest BCUT2D eigenvalue weighted by Gasteiger charge is -2.41. The number of carbonyl (C=O) groups excluding carboxylic acids is 1. The van der Waals surface area contributed by atoms with Crippen LogP contribution in [0.5, 0.6) is 0 Å². The van der Waals surface area contributed by atoms with Crippen molar-refractivity contribution in [1.82, 2.24) is 20.4 Å². The lowest BCUT2D eigenvalue weighted by molar-refractivity contribution is 0.0545. The van der Waals surface area contributed by atoms with Crippen LogP contribution in [-0.2, 0) is 6.42 Å². The zero-order valence-electron chi connectivity index (χ0n) is 19.4. The molecule has 0 aliphatic carbocycles. The average Bonchev–Trinajstić information content (AvgIpc) is 2.78. The molecule has 1 saturated heterocycles. The highest BCUT2D eigenvalue weighted by Crippen LogP contribution is 2.21. The van der Waals surface area contributed by atoms with Gasteiger partial charge in [-0.1, -0.05) is 44.5 Å². The quantitative estimate of drug-likeness (QED) is 0.546. The number of H-pyrrole nitrogens is 1. The summed E-state index contributed by atoms with van der Waals surface area (Å²) in [6, 6.07) is 12.5. The van der Waals surface area contributed by atoms with Gasteiger partial charge in [0.25, 0.3) is 11.5 Å². The Hall–Kier alpha value is -3.06. The molecule has 2 atom stereocenters. The maximum absolute atomic E-state index is 14.5. The van der Waals surface area contributed by atoms with Gasteiger partial charge < -0.3 is 10.2 Å². The second-order valence-electron chi connectivity index (χ2n) is 9.26. The van der Waals surface area contributed by atoms with Crippen LogP contribution in [0.4, 0.5) is 4.39 Å². The van der Waals surface area contributed by atoms with Crippen LogP contribution in [-0.4, -0.2) is 46.2 Å². The lowest BCUT2D eigenvalue weighted by Crippen LogP contribution is -2.61. The predicted octanol–water partition coefficient (Wildman–Crippen LogP) is 3.89. The summed E-state index contributed by atoms with van der Waals surface area (Å²) >= 11 is 0. The van der Waals surface area contributed by atoms with Crippen LogP contribution in [0, 0.1) is 11.7 Å². The molecule has 33 heavy (non-hydrogen) atoms. The fraction of sp³-hybridized carbons (Fsp3) is 0.423. The molecule has 0 saturated carbocycles. The van der Waals surface area contributed by atoms with E-state index in [9.17, 15) is 14.0 Å². The molecule has 1 aliphatic heterocycles. The number of halogens is 1. The van der Waals surface area contributed by atoms with E-state index in [0.717, 1.165) is 23.8 Å². The number of amides is 1. The van der Waals surface area contributed by atoms with E-state index in [4.69, 9.17) is 0 Å². The number of aromatic amines is 1. The first-order valence-electron chi connectivity index (χ1n) is 11.7. The van der Waals surface area contributed by atoms with Crippen LogP contribution in [0.3, 0.4) is 0 Å². The summed E-state index contributed by atoms with van der Waals surface area (Å²) in [6.07, 6.45) is 2.64. The number of aromatic nitrogens is 2. The first-order chi connectivity index (χ1) is 15.9. The van der Waals surface area contributed by atoms with Crippen molar-refractivity contribution in [1.29, 1.82) is 0 Å². The largest absolute Gasteiger partial charge is 0.335 e. The van der Waals surface area contributed by atoms with E-state index in [1.165, 1.54) is 6.07 Å². The van der Waals surface area contributed by atoms with Crippen molar-refractivity contribution in [2.45, 2.75) is 52.1 Å². The molecule has 3 aromatic rings. The molecular formula is C26H31FN4O2. The molecule has 1 aliphatic rings. The molecule has 2 N–H and O–H groups in total. The van der Waals surface area contributed by atoms with Crippen LogP contribution in [0.2, 0.25) is 0 Å². The minimum absolute atomic E-state index is 0.0762. The van der Waals surface area contributed by atoms with Crippen LogP contribution in [0.25, 0.3) is 10.8 Å². The van der Waals surface area contributed by atoms with E-state index in [-0.39, 0.29) is 23.1 Å². The smallest absolute Gasteiger partial charge is 0.272 e. The first kappa shape index (κ1) is 23.1. The van der Waals surface area contributed by atoms with Gasteiger partial charge in [-0.3, -0.25) is 9.59 Å². The van der Waals surface area contributed by atoms with E-state index < -0.39 is 5.82 Å². The van der Waals surface area contributed by atoms with Gasteiger partial charge in [0, 0.05) is 37.0 Å². The summed E-state index contributed by atoms with van der Waals surface area (Å²) in [5.74, 6) is -0.151. The third-order valence-corrected chi connectivity index (χ3v) is 6.55. The van der Waals surface area contributed by atoms with Gasteiger partial charge in [-0.2, -0.15) is 5.10 Å². The first-order valence-corrected chi connectivity index (χ1v) is 11.7. The summed E-state index contributed by atoms with van der Waals surface area (Å²) in [6.45, 7) is 7.78. The van der Waals surface area contributed by atoms with Gasteiger partial charge in [-0.15, -0.1) is 0 Å². The Kier molecular flexibility index (Phi) is 6.88. The van der Waals surface area contributed by atoms with E-state index >= 15 is 0 Å². The fourth-order valence-electron chi connectivity index (χ4n) is 4.51. The molecule has 2 aromatic carbocycles. The number of likely N-dealkylation sites (tertiary alicyclic amines) is 1. The second kappa shape index (κ2) is 9.83. The van der Waals surface area contributed by atoms with Crippen LogP contribution in [0.15, 0.2) is 47.3 Å². The van der Waals surface area contributed by atoms with Crippen LogP contribution >= 0.6 is 0 Å². The van der Waals surface area contributed by atoms with E-state index in [1.807, 2.05) is 12.1 Å². The van der Waals surface area contributed by atoms with Gasteiger partial charge in [0.05, 0.1) is 16.6 Å². The van der Waals surface area contributed by atoms with Crippen molar-refractivity contribution in [2.24, 2.45) is 5.92 Å².